The van der Waals surface area contributed by atoms with Crippen molar-refractivity contribution in [1.29, 1.82) is 0 Å². The zero-order valence-electron chi connectivity index (χ0n) is 8.02. The Bertz CT molecular complexity index is 314. The first-order valence-corrected chi connectivity index (χ1v) is 5.03. The van der Waals surface area contributed by atoms with Crippen LogP contribution in [0.3, 0.4) is 0 Å². The minimum absolute atomic E-state index is 0.210. The lowest BCUT2D eigenvalue weighted by molar-refractivity contribution is -0.122. The van der Waals surface area contributed by atoms with Crippen LogP contribution in [0.5, 0.6) is 0 Å². The predicted molar refractivity (Wildman–Crippen MR) is 53.7 cm³/mol. The SMILES string of the molecule is O=C(CC(O)c1ccccc1)C1CC1. The highest BCUT2D eigenvalue weighted by Crippen LogP contribution is 2.33. The van der Waals surface area contributed by atoms with Gasteiger partial charge >= 0.3 is 0 Å². The van der Waals surface area contributed by atoms with Crippen LogP contribution < -0.4 is 0 Å². The molecule has 1 N–H and O–H groups in total. The molecule has 1 aliphatic rings. The van der Waals surface area contributed by atoms with E-state index in [0.717, 1.165) is 18.4 Å². The first-order chi connectivity index (χ1) is 6.77. The molecule has 14 heavy (non-hydrogen) atoms. The number of carbonyl (C=O) groups excluding carboxylic acids is 1. The van der Waals surface area contributed by atoms with Gasteiger partial charge in [-0.25, -0.2) is 0 Å². The van der Waals surface area contributed by atoms with Gasteiger partial charge in [0.2, 0.25) is 0 Å². The van der Waals surface area contributed by atoms with Crippen LogP contribution in [0.25, 0.3) is 0 Å². The first kappa shape index (κ1) is 9.41. The summed E-state index contributed by atoms with van der Waals surface area (Å²) in [7, 11) is 0. The van der Waals surface area contributed by atoms with Crippen LogP contribution in [0.1, 0.15) is 30.9 Å². The average molecular weight is 190 g/mol. The highest BCUT2D eigenvalue weighted by Gasteiger charge is 2.30. The Balaban J connectivity index is 1.95. The summed E-state index contributed by atoms with van der Waals surface area (Å²) in [5, 5.41) is 9.75. The van der Waals surface area contributed by atoms with Gasteiger partial charge in [0.05, 0.1) is 6.10 Å². The molecule has 74 valence electrons. The molecule has 1 aromatic carbocycles. The molecular formula is C12H14O2. The Morgan fingerprint density at radius 3 is 2.57 bits per heavy atom. The number of ketones is 1. The van der Waals surface area contributed by atoms with Crippen LogP contribution in [0, 0.1) is 5.92 Å². The van der Waals surface area contributed by atoms with Crippen molar-refractivity contribution in [2.24, 2.45) is 5.92 Å². The number of Topliss-reactive ketones (excluding diaryl/α,β-unsaturated/α-hetero) is 1. The Morgan fingerprint density at radius 2 is 2.00 bits per heavy atom. The van der Waals surface area contributed by atoms with E-state index in [1.165, 1.54) is 0 Å². The van der Waals surface area contributed by atoms with E-state index in [2.05, 4.69) is 0 Å². The zero-order valence-corrected chi connectivity index (χ0v) is 8.02. The Kier molecular flexibility index (Phi) is 2.64. The topological polar surface area (TPSA) is 37.3 Å². The van der Waals surface area contributed by atoms with Gasteiger partial charge in [0.1, 0.15) is 5.78 Å². The zero-order chi connectivity index (χ0) is 9.97. The van der Waals surface area contributed by atoms with Crippen molar-refractivity contribution >= 4 is 5.78 Å². The Morgan fingerprint density at radius 1 is 1.36 bits per heavy atom. The maximum atomic E-state index is 11.4. The molecule has 0 spiro atoms. The molecular weight excluding hydrogens is 176 g/mol. The minimum atomic E-state index is -0.621. The predicted octanol–water partition coefficient (Wildman–Crippen LogP) is 2.09. The van der Waals surface area contributed by atoms with Gasteiger partial charge in [0.15, 0.2) is 0 Å². The summed E-state index contributed by atoms with van der Waals surface area (Å²) in [6.45, 7) is 0. The van der Waals surface area contributed by atoms with Gasteiger partial charge in [-0.15, -0.1) is 0 Å². The summed E-state index contributed by atoms with van der Waals surface area (Å²) in [5.41, 5.74) is 0.835. The van der Waals surface area contributed by atoms with E-state index in [1.54, 1.807) is 0 Å². The van der Waals surface area contributed by atoms with Crippen LogP contribution in [0.4, 0.5) is 0 Å². The molecule has 1 atom stereocenters. The highest BCUT2D eigenvalue weighted by atomic mass is 16.3. The second kappa shape index (κ2) is 3.93. The highest BCUT2D eigenvalue weighted by molar-refractivity contribution is 5.83. The van der Waals surface area contributed by atoms with Gasteiger partial charge in [-0.05, 0) is 18.4 Å². The van der Waals surface area contributed by atoms with Gasteiger partial charge in [0, 0.05) is 12.3 Å². The third kappa shape index (κ3) is 2.20. The van der Waals surface area contributed by atoms with Crippen molar-refractivity contribution in [3.05, 3.63) is 35.9 Å². The molecule has 0 saturated heterocycles. The average Bonchev–Trinajstić information content (AvgIpc) is 3.02. The number of hydrogen-bond donors (Lipinski definition) is 1. The fourth-order valence-electron chi connectivity index (χ4n) is 1.56. The van der Waals surface area contributed by atoms with E-state index in [4.69, 9.17) is 0 Å². The molecule has 0 amide bonds. The van der Waals surface area contributed by atoms with Crippen LogP contribution in [0.15, 0.2) is 30.3 Å². The largest absolute Gasteiger partial charge is 0.388 e. The maximum absolute atomic E-state index is 11.4. The molecule has 1 aliphatic carbocycles. The molecule has 0 heterocycles. The minimum Gasteiger partial charge on any atom is -0.388 e. The second-order valence-corrected chi connectivity index (χ2v) is 3.87. The normalized spacial score (nSPS) is 17.8. The van der Waals surface area contributed by atoms with Crippen LogP contribution in [-0.2, 0) is 4.79 Å². The third-order valence-corrected chi connectivity index (χ3v) is 2.61. The van der Waals surface area contributed by atoms with Gasteiger partial charge in [-0.2, -0.15) is 0 Å². The van der Waals surface area contributed by atoms with Crippen LogP contribution >= 0.6 is 0 Å². The number of rotatable bonds is 4. The number of hydrogen-bond acceptors (Lipinski definition) is 2. The summed E-state index contributed by atoms with van der Waals surface area (Å²) in [6, 6.07) is 9.36. The molecule has 0 radical (unpaired) electrons. The van der Waals surface area contributed by atoms with E-state index < -0.39 is 6.10 Å². The molecule has 2 heteroatoms. The summed E-state index contributed by atoms with van der Waals surface area (Å²) in [5.74, 6) is 0.453. The van der Waals surface area contributed by atoms with Crippen molar-refractivity contribution in [1.82, 2.24) is 0 Å². The monoisotopic (exact) mass is 190 g/mol. The summed E-state index contributed by atoms with van der Waals surface area (Å²) < 4.78 is 0. The number of carbonyl (C=O) groups is 1. The van der Waals surface area contributed by atoms with Gasteiger partial charge in [-0.1, -0.05) is 30.3 Å². The van der Waals surface area contributed by atoms with E-state index in [-0.39, 0.29) is 18.1 Å². The van der Waals surface area contributed by atoms with Crippen LogP contribution in [0.2, 0.25) is 0 Å². The number of aliphatic hydroxyl groups is 1. The smallest absolute Gasteiger partial charge is 0.138 e. The molecule has 1 saturated carbocycles. The lowest BCUT2D eigenvalue weighted by Gasteiger charge is -2.09. The second-order valence-electron chi connectivity index (χ2n) is 3.87. The van der Waals surface area contributed by atoms with Crippen molar-refractivity contribution < 1.29 is 9.90 Å². The van der Waals surface area contributed by atoms with Crippen molar-refractivity contribution in [2.75, 3.05) is 0 Å². The van der Waals surface area contributed by atoms with Gasteiger partial charge < -0.3 is 5.11 Å². The van der Waals surface area contributed by atoms with Gasteiger partial charge in [0.25, 0.3) is 0 Å². The lowest BCUT2D eigenvalue weighted by Crippen LogP contribution is -2.07. The molecule has 2 nitrogen and oxygen atoms in total. The van der Waals surface area contributed by atoms with E-state index in [0.29, 0.717) is 0 Å². The quantitative estimate of drug-likeness (QED) is 0.789. The maximum Gasteiger partial charge on any atom is 0.138 e. The molecule has 0 aliphatic heterocycles. The Hall–Kier alpha value is -1.15. The van der Waals surface area contributed by atoms with E-state index in [1.807, 2.05) is 30.3 Å². The molecule has 1 fully saturated rings. The molecule has 0 aromatic heterocycles. The van der Waals surface area contributed by atoms with E-state index >= 15 is 0 Å². The Labute approximate surface area is 83.6 Å². The summed E-state index contributed by atoms with van der Waals surface area (Å²) in [4.78, 5) is 11.4. The number of aliphatic hydroxyl groups excluding tert-OH is 1. The fraction of sp³-hybridized carbons (Fsp3) is 0.417. The standard InChI is InChI=1S/C12H14O2/c13-11(8-12(14)10-6-7-10)9-4-2-1-3-5-9/h1-5,10-11,13H,6-8H2. The van der Waals surface area contributed by atoms with Crippen molar-refractivity contribution in [3.8, 4) is 0 Å². The molecule has 1 aromatic rings. The molecule has 2 rings (SSSR count). The summed E-state index contributed by atoms with van der Waals surface area (Å²) >= 11 is 0. The number of benzene rings is 1. The summed E-state index contributed by atoms with van der Waals surface area (Å²) in [6.07, 6.45) is 1.68. The molecule has 0 bridgehead atoms. The molecule has 1 unspecified atom stereocenters. The fourth-order valence-corrected chi connectivity index (χ4v) is 1.56. The van der Waals surface area contributed by atoms with Gasteiger partial charge in [-0.3, -0.25) is 4.79 Å². The van der Waals surface area contributed by atoms with Crippen molar-refractivity contribution in [2.45, 2.75) is 25.4 Å². The van der Waals surface area contributed by atoms with Crippen molar-refractivity contribution in [3.63, 3.8) is 0 Å². The lowest BCUT2D eigenvalue weighted by atomic mass is 10.0. The third-order valence-electron chi connectivity index (χ3n) is 2.61. The van der Waals surface area contributed by atoms with E-state index in [9.17, 15) is 9.90 Å². The first-order valence-electron chi connectivity index (χ1n) is 5.03. The van der Waals surface area contributed by atoms with Crippen LogP contribution in [-0.4, -0.2) is 10.9 Å².